The third-order valence-electron chi connectivity index (χ3n) is 6.33. The zero-order valence-electron chi connectivity index (χ0n) is 18.5. The number of hydrogen-bond donors (Lipinski definition) is 1. The molecule has 1 N–H and O–H groups in total. The Morgan fingerprint density at radius 3 is 2.81 bits per heavy atom. The number of aromatic nitrogens is 3. The molecule has 0 bridgehead atoms. The second-order valence-electron chi connectivity index (χ2n) is 8.55. The molecule has 2 fully saturated rings. The van der Waals surface area contributed by atoms with Gasteiger partial charge in [-0.15, -0.1) is 5.10 Å². The van der Waals surface area contributed by atoms with Gasteiger partial charge in [-0.25, -0.2) is 9.48 Å². The molecule has 4 rings (SSSR count). The zero-order valence-corrected chi connectivity index (χ0v) is 18.5. The van der Waals surface area contributed by atoms with Crippen LogP contribution in [0, 0.1) is 0 Å². The molecule has 0 aromatic carbocycles. The molecule has 172 valence electrons. The van der Waals surface area contributed by atoms with Crippen LogP contribution in [0.4, 0.5) is 0 Å². The van der Waals surface area contributed by atoms with E-state index in [2.05, 4.69) is 20.5 Å². The summed E-state index contributed by atoms with van der Waals surface area (Å²) in [5, 5.41) is 11.3. The number of amides is 1. The molecule has 3 heterocycles. The van der Waals surface area contributed by atoms with Crippen LogP contribution in [0.5, 0.6) is 0 Å². The number of carbonyl (C=O) groups is 2. The number of nitrogens with zero attached hydrogens (tertiary/aromatic N) is 4. The summed E-state index contributed by atoms with van der Waals surface area (Å²) < 4.78 is 11.8. The molecule has 1 amide bonds. The highest BCUT2D eigenvalue weighted by atomic mass is 16.5. The fourth-order valence-electron chi connectivity index (χ4n) is 4.61. The minimum Gasteiger partial charge on any atom is -0.465 e. The molecule has 1 saturated carbocycles. The maximum Gasteiger partial charge on any atom is 0.360 e. The van der Waals surface area contributed by atoms with Gasteiger partial charge in [0.05, 0.1) is 31.7 Å². The fraction of sp³-hybridized carbons (Fsp3) is 0.565. The van der Waals surface area contributed by atoms with E-state index < -0.39 is 5.97 Å². The summed E-state index contributed by atoms with van der Waals surface area (Å²) in [5.74, 6) is 0.327. The van der Waals surface area contributed by atoms with Crippen LogP contribution in [0.2, 0.25) is 0 Å². The molecular weight excluding hydrogens is 410 g/mol. The summed E-state index contributed by atoms with van der Waals surface area (Å²) in [4.78, 5) is 27.1. The normalized spacial score (nSPS) is 22.8. The molecule has 2 aromatic heterocycles. The number of nitrogens with one attached hydrogen (secondary N) is 1. The van der Waals surface area contributed by atoms with E-state index in [4.69, 9.17) is 9.15 Å². The van der Waals surface area contributed by atoms with Crippen molar-refractivity contribution in [3.63, 3.8) is 0 Å². The molecule has 1 aliphatic carbocycles. The summed E-state index contributed by atoms with van der Waals surface area (Å²) in [5.41, 5.74) is 0.170. The molecular formula is C23H31N5O4. The van der Waals surface area contributed by atoms with Crippen LogP contribution in [0.15, 0.2) is 35.1 Å². The van der Waals surface area contributed by atoms with Crippen molar-refractivity contribution in [1.82, 2.24) is 25.2 Å². The third-order valence-corrected chi connectivity index (χ3v) is 6.33. The van der Waals surface area contributed by atoms with Gasteiger partial charge in [-0.3, -0.25) is 9.69 Å². The predicted octanol–water partition coefficient (Wildman–Crippen LogP) is 2.83. The second-order valence-corrected chi connectivity index (χ2v) is 8.55. The number of methoxy groups -OCH3 is 1. The van der Waals surface area contributed by atoms with Gasteiger partial charge < -0.3 is 14.5 Å². The van der Waals surface area contributed by atoms with E-state index in [-0.39, 0.29) is 29.7 Å². The van der Waals surface area contributed by atoms with E-state index >= 15 is 0 Å². The first-order valence-electron chi connectivity index (χ1n) is 11.4. The van der Waals surface area contributed by atoms with Crippen molar-refractivity contribution in [3.8, 4) is 0 Å². The van der Waals surface area contributed by atoms with E-state index in [0.29, 0.717) is 19.5 Å². The smallest absolute Gasteiger partial charge is 0.360 e. The standard InChI is InChI=1S/C23H31N5O4/c1-31-23(30)20-16-28(26-25-20)18-14-21(22(29)24-17-8-4-2-3-5-9-17)27(15-18)12-6-10-19-11-7-13-32-19/h6-7,10-11,13,16-18,21H,2-5,8-9,12,14-15H2,1H3,(H,24,29)/b10-6+/t18-,21-/m0/s1. The number of esters is 1. The molecule has 2 atom stereocenters. The van der Waals surface area contributed by atoms with Gasteiger partial charge in [-0.05, 0) is 37.5 Å². The maximum atomic E-state index is 13.2. The monoisotopic (exact) mass is 441 g/mol. The summed E-state index contributed by atoms with van der Waals surface area (Å²) in [7, 11) is 1.32. The Morgan fingerprint density at radius 2 is 2.09 bits per heavy atom. The number of likely N-dealkylation sites (tertiary alicyclic amines) is 1. The molecule has 1 aliphatic heterocycles. The third kappa shape index (κ3) is 5.45. The average molecular weight is 442 g/mol. The lowest BCUT2D eigenvalue weighted by atomic mass is 10.1. The minimum absolute atomic E-state index is 0.0530. The van der Waals surface area contributed by atoms with Gasteiger partial charge >= 0.3 is 5.97 Å². The molecule has 32 heavy (non-hydrogen) atoms. The van der Waals surface area contributed by atoms with E-state index in [9.17, 15) is 9.59 Å². The predicted molar refractivity (Wildman–Crippen MR) is 118 cm³/mol. The quantitative estimate of drug-likeness (QED) is 0.521. The van der Waals surface area contributed by atoms with E-state index in [1.165, 1.54) is 32.8 Å². The Hall–Kier alpha value is -2.94. The highest BCUT2D eigenvalue weighted by molar-refractivity contribution is 5.86. The molecule has 0 spiro atoms. The number of furan rings is 1. The van der Waals surface area contributed by atoms with Crippen LogP contribution in [0.1, 0.15) is 67.2 Å². The largest absolute Gasteiger partial charge is 0.465 e. The summed E-state index contributed by atoms with van der Waals surface area (Å²) >= 11 is 0. The van der Waals surface area contributed by atoms with Gasteiger partial charge in [0.1, 0.15) is 5.76 Å². The van der Waals surface area contributed by atoms with Crippen molar-refractivity contribution in [2.45, 2.75) is 63.1 Å². The maximum absolute atomic E-state index is 13.2. The van der Waals surface area contributed by atoms with Crippen molar-refractivity contribution in [1.29, 1.82) is 0 Å². The minimum atomic E-state index is -0.518. The molecule has 9 heteroatoms. The van der Waals surface area contributed by atoms with Crippen molar-refractivity contribution < 1.29 is 18.7 Å². The number of rotatable bonds is 7. The van der Waals surface area contributed by atoms with Crippen molar-refractivity contribution in [2.24, 2.45) is 0 Å². The van der Waals surface area contributed by atoms with Gasteiger partial charge in [0.25, 0.3) is 0 Å². The first kappa shape index (κ1) is 22.3. The molecule has 0 radical (unpaired) electrons. The summed E-state index contributed by atoms with van der Waals surface area (Å²) in [6, 6.07) is 3.67. The van der Waals surface area contributed by atoms with Gasteiger partial charge in [-0.1, -0.05) is 37.0 Å². The van der Waals surface area contributed by atoms with Crippen LogP contribution in [-0.2, 0) is 9.53 Å². The lowest BCUT2D eigenvalue weighted by molar-refractivity contribution is -0.126. The highest BCUT2D eigenvalue weighted by Gasteiger charge is 2.38. The SMILES string of the molecule is COC(=O)c1cn([C@H]2C[C@@H](C(=O)NC3CCCCCC3)N(C/C=C/c3ccco3)C2)nn1. The van der Waals surface area contributed by atoms with Crippen molar-refractivity contribution >= 4 is 18.0 Å². The average Bonchev–Trinajstić information content (AvgIpc) is 3.53. The molecule has 0 unspecified atom stereocenters. The van der Waals surface area contributed by atoms with E-state index in [1.54, 1.807) is 17.1 Å². The molecule has 9 nitrogen and oxygen atoms in total. The van der Waals surface area contributed by atoms with Crippen molar-refractivity contribution in [2.75, 3.05) is 20.2 Å². The Labute approximate surface area is 187 Å². The highest BCUT2D eigenvalue weighted by Crippen LogP contribution is 2.28. The Bertz CT molecular complexity index is 915. The topological polar surface area (TPSA) is 102 Å². The van der Waals surface area contributed by atoms with Crippen LogP contribution >= 0.6 is 0 Å². The van der Waals surface area contributed by atoms with Crippen LogP contribution < -0.4 is 5.32 Å². The summed E-state index contributed by atoms with van der Waals surface area (Å²) in [6.45, 7) is 1.24. The molecule has 2 aromatic rings. The Balaban J connectivity index is 1.45. The first-order valence-corrected chi connectivity index (χ1v) is 11.4. The van der Waals surface area contributed by atoms with E-state index in [0.717, 1.165) is 18.6 Å². The Kier molecular flexibility index (Phi) is 7.36. The van der Waals surface area contributed by atoms with E-state index in [1.807, 2.05) is 24.3 Å². The lowest BCUT2D eigenvalue weighted by Gasteiger charge is -2.25. The lowest BCUT2D eigenvalue weighted by Crippen LogP contribution is -2.46. The van der Waals surface area contributed by atoms with Crippen LogP contribution in [0.3, 0.4) is 0 Å². The van der Waals surface area contributed by atoms with Gasteiger partial charge in [-0.2, -0.15) is 0 Å². The number of ether oxygens (including phenoxy) is 1. The second kappa shape index (κ2) is 10.6. The van der Waals surface area contributed by atoms with Crippen LogP contribution in [0.25, 0.3) is 6.08 Å². The van der Waals surface area contributed by atoms with Crippen LogP contribution in [-0.4, -0.2) is 64.1 Å². The molecule has 1 saturated heterocycles. The number of hydrogen-bond acceptors (Lipinski definition) is 7. The first-order chi connectivity index (χ1) is 15.6. The van der Waals surface area contributed by atoms with Gasteiger partial charge in [0.15, 0.2) is 5.69 Å². The Morgan fingerprint density at radius 1 is 1.28 bits per heavy atom. The van der Waals surface area contributed by atoms with Gasteiger partial charge in [0, 0.05) is 19.1 Å². The van der Waals surface area contributed by atoms with Gasteiger partial charge in [0.2, 0.25) is 5.91 Å². The summed E-state index contributed by atoms with van der Waals surface area (Å²) in [6.07, 6.45) is 14.7. The van der Waals surface area contributed by atoms with Crippen molar-refractivity contribution in [3.05, 3.63) is 42.1 Å². The fourth-order valence-corrected chi connectivity index (χ4v) is 4.61. The zero-order chi connectivity index (χ0) is 22.3. The number of carbonyl (C=O) groups excluding carboxylic acids is 2. The molecule has 2 aliphatic rings.